The zero-order valence-electron chi connectivity index (χ0n) is 15.8. The topological polar surface area (TPSA) is 61.6 Å². The van der Waals surface area contributed by atoms with Gasteiger partial charge >= 0.3 is 6.03 Å². The molecule has 0 spiro atoms. The molecule has 144 valence electrons. The Kier molecular flexibility index (Phi) is 4.49. The molecule has 2 heterocycles. The van der Waals surface area contributed by atoms with E-state index in [2.05, 4.69) is 39.6 Å². The lowest BCUT2D eigenvalue weighted by atomic mass is 10.1. The lowest BCUT2D eigenvalue weighted by Gasteiger charge is -2.34. The summed E-state index contributed by atoms with van der Waals surface area (Å²) < 4.78 is 5.26. The van der Waals surface area contributed by atoms with Crippen molar-refractivity contribution in [2.24, 2.45) is 0 Å². The Morgan fingerprint density at radius 3 is 2.71 bits per heavy atom. The number of carbonyl (C=O) groups excluding carboxylic acids is 1. The van der Waals surface area contributed by atoms with Gasteiger partial charge in [-0.3, -0.25) is 10.2 Å². The van der Waals surface area contributed by atoms with Crippen LogP contribution in [-0.4, -0.2) is 47.2 Å². The summed E-state index contributed by atoms with van der Waals surface area (Å²) in [4.78, 5) is 16.9. The van der Waals surface area contributed by atoms with Crippen molar-refractivity contribution in [1.82, 2.24) is 15.0 Å². The van der Waals surface area contributed by atoms with E-state index < -0.39 is 0 Å². The fourth-order valence-corrected chi connectivity index (χ4v) is 3.89. The van der Waals surface area contributed by atoms with E-state index in [0.717, 1.165) is 30.9 Å². The summed E-state index contributed by atoms with van der Waals surface area (Å²) in [5, 5.41) is 7.70. The number of nitrogens with one attached hydrogen (secondary N) is 1. The Morgan fingerprint density at radius 1 is 1.07 bits per heavy atom. The first kappa shape index (κ1) is 17.3. The van der Waals surface area contributed by atoms with Gasteiger partial charge in [0.25, 0.3) is 0 Å². The molecule has 2 fully saturated rings. The van der Waals surface area contributed by atoms with Crippen LogP contribution in [0.1, 0.15) is 29.9 Å². The van der Waals surface area contributed by atoms with Crippen LogP contribution in [0.15, 0.2) is 53.1 Å². The van der Waals surface area contributed by atoms with Gasteiger partial charge in [0, 0.05) is 32.7 Å². The Bertz CT molecular complexity index is 987. The van der Waals surface area contributed by atoms with Gasteiger partial charge in [-0.2, -0.15) is 0 Å². The molecule has 1 aromatic heterocycles. The normalized spacial score (nSPS) is 17.8. The standard InChI is InChI=1S/C22H24N4O2/c27-22(23-21-19-6-1-2-7-20(19)28-24-21)26-12-10-25(11-13-26)15-16-4-3-5-18(14-16)17-8-9-17/h1-7,14,17H,8-13,15H2,(H,23,24,27). The van der Waals surface area contributed by atoms with Crippen molar-refractivity contribution in [1.29, 1.82) is 0 Å². The molecule has 6 nitrogen and oxygen atoms in total. The minimum atomic E-state index is -0.116. The number of anilines is 1. The molecule has 0 unspecified atom stereocenters. The second-order valence-electron chi connectivity index (χ2n) is 7.74. The maximum Gasteiger partial charge on any atom is 0.323 e. The molecule has 5 rings (SSSR count). The number of hydrogen-bond acceptors (Lipinski definition) is 4. The zero-order chi connectivity index (χ0) is 18.9. The van der Waals surface area contributed by atoms with Crippen LogP contribution >= 0.6 is 0 Å². The summed E-state index contributed by atoms with van der Waals surface area (Å²) in [6, 6.07) is 16.4. The first-order chi connectivity index (χ1) is 13.8. The molecule has 28 heavy (non-hydrogen) atoms. The van der Waals surface area contributed by atoms with E-state index in [1.165, 1.54) is 24.0 Å². The van der Waals surface area contributed by atoms with E-state index in [1.807, 2.05) is 29.2 Å². The number of nitrogens with zero attached hydrogens (tertiary/aromatic N) is 3. The molecule has 1 aliphatic carbocycles. The van der Waals surface area contributed by atoms with Crippen LogP contribution in [0.25, 0.3) is 11.0 Å². The lowest BCUT2D eigenvalue weighted by molar-refractivity contribution is 0.143. The highest BCUT2D eigenvalue weighted by Gasteiger charge is 2.25. The molecule has 2 amide bonds. The minimum Gasteiger partial charge on any atom is -0.354 e. The van der Waals surface area contributed by atoms with Crippen LogP contribution in [0, 0.1) is 0 Å². The SMILES string of the molecule is O=C(Nc1noc2ccccc12)N1CCN(Cc2cccc(C3CC3)c2)CC1. The van der Waals surface area contributed by atoms with Crippen LogP contribution in [0.2, 0.25) is 0 Å². The number of hydrogen-bond donors (Lipinski definition) is 1. The maximum atomic E-state index is 12.6. The Labute approximate surface area is 164 Å². The van der Waals surface area contributed by atoms with Gasteiger partial charge in [0.15, 0.2) is 11.4 Å². The molecule has 2 aliphatic rings. The molecular formula is C22H24N4O2. The molecule has 1 saturated carbocycles. The van der Waals surface area contributed by atoms with Crippen molar-refractivity contribution < 1.29 is 9.32 Å². The summed E-state index contributed by atoms with van der Waals surface area (Å²) in [5.74, 6) is 1.27. The van der Waals surface area contributed by atoms with E-state index in [0.29, 0.717) is 24.5 Å². The second kappa shape index (κ2) is 7.28. The number of amides is 2. The summed E-state index contributed by atoms with van der Waals surface area (Å²) in [7, 11) is 0. The monoisotopic (exact) mass is 376 g/mol. The molecule has 0 bridgehead atoms. The number of piperazine rings is 1. The van der Waals surface area contributed by atoms with E-state index in [1.54, 1.807) is 0 Å². The minimum absolute atomic E-state index is 0.116. The highest BCUT2D eigenvalue weighted by Crippen LogP contribution is 2.40. The van der Waals surface area contributed by atoms with E-state index in [-0.39, 0.29) is 6.03 Å². The van der Waals surface area contributed by atoms with Gasteiger partial charge in [-0.05, 0) is 42.0 Å². The third kappa shape index (κ3) is 3.60. The molecule has 1 N–H and O–H groups in total. The van der Waals surface area contributed by atoms with Crippen LogP contribution in [0.5, 0.6) is 0 Å². The molecule has 3 aromatic rings. The average Bonchev–Trinajstić information content (AvgIpc) is 3.51. The Balaban J connectivity index is 1.16. The molecule has 1 aliphatic heterocycles. The van der Waals surface area contributed by atoms with Gasteiger partial charge in [-0.15, -0.1) is 0 Å². The van der Waals surface area contributed by atoms with Gasteiger partial charge in [0.1, 0.15) is 0 Å². The third-order valence-corrected chi connectivity index (χ3v) is 5.67. The second-order valence-corrected chi connectivity index (χ2v) is 7.74. The number of benzene rings is 2. The van der Waals surface area contributed by atoms with Crippen LogP contribution < -0.4 is 5.32 Å². The number of aromatic nitrogens is 1. The van der Waals surface area contributed by atoms with E-state index >= 15 is 0 Å². The van der Waals surface area contributed by atoms with Crippen molar-refractivity contribution in [2.45, 2.75) is 25.3 Å². The van der Waals surface area contributed by atoms with Crippen LogP contribution in [0.3, 0.4) is 0 Å². The van der Waals surface area contributed by atoms with Crippen LogP contribution in [0.4, 0.5) is 10.6 Å². The predicted octanol–water partition coefficient (Wildman–Crippen LogP) is 4.05. The Morgan fingerprint density at radius 2 is 1.89 bits per heavy atom. The van der Waals surface area contributed by atoms with Gasteiger partial charge < -0.3 is 9.42 Å². The van der Waals surface area contributed by atoms with Crippen molar-refractivity contribution in [3.63, 3.8) is 0 Å². The Hall–Kier alpha value is -2.86. The van der Waals surface area contributed by atoms with Crippen LogP contribution in [-0.2, 0) is 6.54 Å². The first-order valence-electron chi connectivity index (χ1n) is 9.98. The van der Waals surface area contributed by atoms with Gasteiger partial charge in [0.05, 0.1) is 5.39 Å². The molecule has 2 aromatic carbocycles. The van der Waals surface area contributed by atoms with Gasteiger partial charge in [0.2, 0.25) is 0 Å². The predicted molar refractivity (Wildman–Crippen MR) is 108 cm³/mol. The molecule has 0 atom stereocenters. The van der Waals surface area contributed by atoms with Gasteiger partial charge in [-0.1, -0.05) is 41.6 Å². The fraction of sp³-hybridized carbons (Fsp3) is 0.364. The van der Waals surface area contributed by atoms with Crippen molar-refractivity contribution in [2.75, 3.05) is 31.5 Å². The lowest BCUT2D eigenvalue weighted by Crippen LogP contribution is -2.49. The largest absolute Gasteiger partial charge is 0.354 e. The first-order valence-corrected chi connectivity index (χ1v) is 9.98. The highest BCUT2D eigenvalue weighted by atomic mass is 16.5. The maximum absolute atomic E-state index is 12.6. The highest BCUT2D eigenvalue weighted by molar-refractivity contribution is 5.98. The fourth-order valence-electron chi connectivity index (χ4n) is 3.89. The third-order valence-electron chi connectivity index (χ3n) is 5.67. The summed E-state index contributed by atoms with van der Waals surface area (Å²) in [5.41, 5.74) is 3.53. The summed E-state index contributed by atoms with van der Waals surface area (Å²) >= 11 is 0. The number of rotatable bonds is 4. The molecular weight excluding hydrogens is 352 g/mol. The molecule has 0 radical (unpaired) electrons. The smallest absolute Gasteiger partial charge is 0.323 e. The summed E-state index contributed by atoms with van der Waals surface area (Å²) in [6.07, 6.45) is 2.66. The number of para-hydroxylation sites is 1. The molecule has 6 heteroatoms. The number of fused-ring (bicyclic) bond motifs is 1. The van der Waals surface area contributed by atoms with Crippen molar-refractivity contribution >= 4 is 22.8 Å². The molecule has 1 saturated heterocycles. The quantitative estimate of drug-likeness (QED) is 0.746. The number of carbonyl (C=O) groups is 1. The number of urea groups is 1. The van der Waals surface area contributed by atoms with E-state index in [4.69, 9.17) is 4.52 Å². The zero-order valence-corrected chi connectivity index (χ0v) is 15.8. The average molecular weight is 376 g/mol. The van der Waals surface area contributed by atoms with Crippen molar-refractivity contribution in [3.8, 4) is 0 Å². The van der Waals surface area contributed by atoms with Gasteiger partial charge in [-0.25, -0.2) is 4.79 Å². The van der Waals surface area contributed by atoms with E-state index in [9.17, 15) is 4.79 Å². The van der Waals surface area contributed by atoms with Crippen molar-refractivity contribution in [3.05, 3.63) is 59.7 Å². The summed E-state index contributed by atoms with van der Waals surface area (Å²) in [6.45, 7) is 4.12.